The van der Waals surface area contributed by atoms with Gasteiger partial charge < -0.3 is 20.1 Å². The van der Waals surface area contributed by atoms with Crippen molar-refractivity contribution in [1.29, 1.82) is 0 Å². The lowest BCUT2D eigenvalue weighted by molar-refractivity contribution is 0.336. The summed E-state index contributed by atoms with van der Waals surface area (Å²) in [4.78, 5) is 4.27. The fourth-order valence-electron chi connectivity index (χ4n) is 2.44. The fraction of sp³-hybridized carbons (Fsp3) is 0.350. The summed E-state index contributed by atoms with van der Waals surface area (Å²) in [5.41, 5.74) is 2.24. The minimum absolute atomic E-state index is 0.648. The Kier molecular flexibility index (Phi) is 7.63. The van der Waals surface area contributed by atoms with Gasteiger partial charge in [-0.05, 0) is 37.6 Å². The van der Waals surface area contributed by atoms with E-state index < -0.39 is 0 Å². The second-order valence-electron chi connectivity index (χ2n) is 5.40. The van der Waals surface area contributed by atoms with Gasteiger partial charge in [0.25, 0.3) is 0 Å². The first kappa shape index (κ1) is 18.6. The largest absolute Gasteiger partial charge is 0.494 e. The first-order chi connectivity index (χ1) is 12.3. The zero-order chi connectivity index (χ0) is 17.9. The van der Waals surface area contributed by atoms with Crippen LogP contribution in [0.5, 0.6) is 11.5 Å². The van der Waals surface area contributed by atoms with Gasteiger partial charge in [0.1, 0.15) is 11.5 Å². The maximum atomic E-state index is 5.65. The molecule has 2 N–H and O–H groups in total. The molecule has 0 aromatic heterocycles. The maximum absolute atomic E-state index is 5.65. The summed E-state index contributed by atoms with van der Waals surface area (Å²) in [6.45, 7) is 6.61. The van der Waals surface area contributed by atoms with Crippen molar-refractivity contribution in [3.8, 4) is 11.5 Å². The molecular weight excluding hydrogens is 314 g/mol. The third-order valence-electron chi connectivity index (χ3n) is 3.61. The van der Waals surface area contributed by atoms with Crippen LogP contribution in [-0.2, 0) is 13.1 Å². The van der Waals surface area contributed by atoms with Gasteiger partial charge >= 0.3 is 0 Å². The van der Waals surface area contributed by atoms with Crippen LogP contribution in [0.15, 0.2) is 53.5 Å². The van der Waals surface area contributed by atoms with Crippen molar-refractivity contribution < 1.29 is 9.47 Å². The Morgan fingerprint density at radius 1 is 0.920 bits per heavy atom. The van der Waals surface area contributed by atoms with Crippen molar-refractivity contribution in [2.75, 3.05) is 20.3 Å². The lowest BCUT2D eigenvalue weighted by atomic mass is 10.2. The van der Waals surface area contributed by atoms with Crippen LogP contribution in [0.2, 0.25) is 0 Å². The summed E-state index contributed by atoms with van der Waals surface area (Å²) in [5.74, 6) is 2.53. The van der Waals surface area contributed by atoms with E-state index in [1.54, 1.807) is 7.05 Å². The Hall–Kier alpha value is -2.69. The summed E-state index contributed by atoms with van der Waals surface area (Å²) in [6.07, 6.45) is 0. The van der Waals surface area contributed by atoms with E-state index in [1.807, 2.05) is 50.2 Å². The second kappa shape index (κ2) is 10.2. The summed E-state index contributed by atoms with van der Waals surface area (Å²) < 4.78 is 11.2. The molecule has 0 aliphatic rings. The molecule has 0 unspecified atom stereocenters. The number of benzene rings is 2. The van der Waals surface area contributed by atoms with Crippen molar-refractivity contribution >= 4 is 5.96 Å². The van der Waals surface area contributed by atoms with Gasteiger partial charge in [-0.3, -0.25) is 4.99 Å². The fourth-order valence-corrected chi connectivity index (χ4v) is 2.44. The topological polar surface area (TPSA) is 54.9 Å². The molecule has 2 aromatic carbocycles. The molecule has 5 nitrogen and oxygen atoms in total. The Balaban J connectivity index is 1.90. The number of hydrogen-bond donors (Lipinski definition) is 2. The predicted molar refractivity (Wildman–Crippen MR) is 102 cm³/mol. The molecule has 0 fully saturated rings. The van der Waals surface area contributed by atoms with E-state index in [4.69, 9.17) is 9.47 Å². The molecule has 2 rings (SSSR count). The van der Waals surface area contributed by atoms with Crippen LogP contribution in [-0.4, -0.2) is 26.2 Å². The molecule has 0 amide bonds. The van der Waals surface area contributed by atoms with Crippen LogP contribution in [0, 0.1) is 0 Å². The molecule has 0 bridgehead atoms. The Morgan fingerprint density at radius 2 is 1.68 bits per heavy atom. The van der Waals surface area contributed by atoms with Crippen LogP contribution in [0.25, 0.3) is 0 Å². The SMILES string of the molecule is CCOc1cccc(CNC(=NC)NCc2ccccc2OCC)c1. The van der Waals surface area contributed by atoms with Crippen LogP contribution in [0.4, 0.5) is 0 Å². The van der Waals surface area contributed by atoms with Crippen molar-refractivity contribution in [1.82, 2.24) is 10.6 Å². The minimum atomic E-state index is 0.648. The molecule has 0 aliphatic heterocycles. The smallest absolute Gasteiger partial charge is 0.191 e. The van der Waals surface area contributed by atoms with Crippen molar-refractivity contribution in [2.24, 2.45) is 4.99 Å². The highest BCUT2D eigenvalue weighted by Gasteiger charge is 2.04. The van der Waals surface area contributed by atoms with E-state index in [0.29, 0.717) is 26.3 Å². The van der Waals surface area contributed by atoms with E-state index in [1.165, 1.54) is 0 Å². The average Bonchev–Trinajstić information content (AvgIpc) is 2.64. The molecule has 134 valence electrons. The summed E-state index contributed by atoms with van der Waals surface area (Å²) in [7, 11) is 1.76. The number of nitrogens with zero attached hydrogens (tertiary/aromatic N) is 1. The number of ether oxygens (including phenoxy) is 2. The highest BCUT2D eigenvalue weighted by Crippen LogP contribution is 2.17. The molecule has 0 saturated carbocycles. The number of rotatable bonds is 8. The van der Waals surface area contributed by atoms with Gasteiger partial charge in [0.05, 0.1) is 13.2 Å². The zero-order valence-electron chi connectivity index (χ0n) is 15.2. The third kappa shape index (κ3) is 6.03. The standard InChI is InChI=1S/C20H27N3O2/c1-4-24-18-11-8-9-16(13-18)14-22-20(21-3)23-15-17-10-6-7-12-19(17)25-5-2/h6-13H,4-5,14-15H2,1-3H3,(H2,21,22,23). The summed E-state index contributed by atoms with van der Waals surface area (Å²) >= 11 is 0. The van der Waals surface area contributed by atoms with Gasteiger partial charge in [0, 0.05) is 25.7 Å². The highest BCUT2D eigenvalue weighted by molar-refractivity contribution is 5.79. The second-order valence-corrected chi connectivity index (χ2v) is 5.40. The Labute approximate surface area is 150 Å². The molecule has 5 heteroatoms. The number of hydrogen-bond acceptors (Lipinski definition) is 3. The molecule has 0 spiro atoms. The molecule has 0 atom stereocenters. The van der Waals surface area contributed by atoms with E-state index in [0.717, 1.165) is 28.6 Å². The first-order valence-electron chi connectivity index (χ1n) is 8.63. The van der Waals surface area contributed by atoms with Gasteiger partial charge in [-0.25, -0.2) is 0 Å². The Morgan fingerprint density at radius 3 is 2.44 bits per heavy atom. The lowest BCUT2D eigenvalue weighted by Crippen LogP contribution is -2.36. The van der Waals surface area contributed by atoms with Crippen molar-refractivity contribution in [2.45, 2.75) is 26.9 Å². The van der Waals surface area contributed by atoms with E-state index in [9.17, 15) is 0 Å². The average molecular weight is 341 g/mol. The molecular formula is C20H27N3O2. The minimum Gasteiger partial charge on any atom is -0.494 e. The van der Waals surface area contributed by atoms with Crippen LogP contribution in [0.3, 0.4) is 0 Å². The van der Waals surface area contributed by atoms with Crippen LogP contribution < -0.4 is 20.1 Å². The number of para-hydroxylation sites is 1. The van der Waals surface area contributed by atoms with Crippen molar-refractivity contribution in [3.05, 3.63) is 59.7 Å². The lowest BCUT2D eigenvalue weighted by Gasteiger charge is -2.14. The molecule has 0 aliphatic carbocycles. The predicted octanol–water partition coefficient (Wildman–Crippen LogP) is 3.35. The number of aliphatic imine (C=N–C) groups is 1. The van der Waals surface area contributed by atoms with Gasteiger partial charge in [0.2, 0.25) is 0 Å². The number of guanidine groups is 1. The van der Waals surface area contributed by atoms with Crippen molar-refractivity contribution in [3.63, 3.8) is 0 Å². The molecule has 0 heterocycles. The summed E-state index contributed by atoms with van der Waals surface area (Å²) in [6, 6.07) is 16.1. The highest BCUT2D eigenvalue weighted by atomic mass is 16.5. The third-order valence-corrected chi connectivity index (χ3v) is 3.61. The molecule has 0 radical (unpaired) electrons. The van der Waals surface area contributed by atoms with E-state index in [2.05, 4.69) is 27.8 Å². The summed E-state index contributed by atoms with van der Waals surface area (Å²) in [5, 5.41) is 6.64. The monoisotopic (exact) mass is 341 g/mol. The zero-order valence-corrected chi connectivity index (χ0v) is 15.2. The first-order valence-corrected chi connectivity index (χ1v) is 8.63. The van der Waals surface area contributed by atoms with Gasteiger partial charge in [-0.2, -0.15) is 0 Å². The molecule has 0 saturated heterocycles. The van der Waals surface area contributed by atoms with E-state index in [-0.39, 0.29) is 0 Å². The number of nitrogens with one attached hydrogen (secondary N) is 2. The van der Waals surface area contributed by atoms with Gasteiger partial charge in [0.15, 0.2) is 5.96 Å². The molecule has 25 heavy (non-hydrogen) atoms. The van der Waals surface area contributed by atoms with Gasteiger partial charge in [-0.15, -0.1) is 0 Å². The van der Waals surface area contributed by atoms with E-state index >= 15 is 0 Å². The maximum Gasteiger partial charge on any atom is 0.191 e. The molecule has 2 aromatic rings. The quantitative estimate of drug-likeness (QED) is 0.571. The Bertz CT molecular complexity index is 686. The van der Waals surface area contributed by atoms with Crippen LogP contribution in [0.1, 0.15) is 25.0 Å². The van der Waals surface area contributed by atoms with Crippen LogP contribution >= 0.6 is 0 Å². The normalized spacial score (nSPS) is 11.1. The van der Waals surface area contributed by atoms with Gasteiger partial charge in [-0.1, -0.05) is 30.3 Å².